The molecule has 1 saturated heterocycles. The van der Waals surface area contributed by atoms with Gasteiger partial charge >= 0.3 is 0 Å². The normalized spacial score (nSPS) is 14.9. The summed E-state index contributed by atoms with van der Waals surface area (Å²) in [4.78, 5) is 14.4. The molecule has 1 aliphatic rings. The number of ether oxygens (including phenoxy) is 1. The molecule has 33 heavy (non-hydrogen) atoms. The number of aromatic amines is 1. The van der Waals surface area contributed by atoms with Crippen molar-refractivity contribution in [1.29, 1.82) is 5.41 Å². The van der Waals surface area contributed by atoms with E-state index in [4.69, 9.17) is 15.9 Å². The molecule has 5 rings (SSSR count). The Morgan fingerprint density at radius 1 is 1.06 bits per heavy atom. The summed E-state index contributed by atoms with van der Waals surface area (Å²) in [6, 6.07) is 15.5. The Kier molecular flexibility index (Phi) is 5.69. The average molecular weight is 441 g/mol. The SMILES string of the molecule is CC(Oc1ccc(N)c(C(=N)c2nc3ccc(N4CCCCC4)cc3[nH]2)c1)c1ccncc1. The van der Waals surface area contributed by atoms with Gasteiger partial charge in [-0.25, -0.2) is 4.98 Å². The van der Waals surface area contributed by atoms with Crippen molar-refractivity contribution in [2.45, 2.75) is 32.3 Å². The molecular formula is C26H28N6O. The number of anilines is 2. The fourth-order valence-electron chi connectivity index (χ4n) is 4.32. The molecule has 0 amide bonds. The standard InChI is InChI=1S/C26H28N6O/c1-17(18-9-11-29-12-10-18)33-20-6-7-22(27)21(16-20)25(28)26-30-23-8-5-19(15-24(23)31-26)32-13-3-2-4-14-32/h5-12,15-17,28H,2-4,13-14,27H2,1H3,(H,30,31). The number of nitrogens with one attached hydrogen (secondary N) is 2. The second-order valence-electron chi connectivity index (χ2n) is 8.50. The van der Waals surface area contributed by atoms with Crippen LogP contribution in [0.4, 0.5) is 11.4 Å². The number of imidazole rings is 1. The molecule has 2 aromatic heterocycles. The molecule has 4 aromatic rings. The van der Waals surface area contributed by atoms with Crippen LogP contribution in [0.15, 0.2) is 60.9 Å². The fourth-order valence-corrected chi connectivity index (χ4v) is 4.32. The van der Waals surface area contributed by atoms with Crippen LogP contribution in [0.1, 0.15) is 49.2 Å². The Bertz CT molecular complexity index is 1280. The summed E-state index contributed by atoms with van der Waals surface area (Å²) in [6.45, 7) is 4.16. The lowest BCUT2D eigenvalue weighted by Gasteiger charge is -2.28. The molecule has 0 aliphatic carbocycles. The van der Waals surface area contributed by atoms with Crippen LogP contribution in [0, 0.1) is 5.41 Å². The lowest BCUT2D eigenvalue weighted by Crippen LogP contribution is -2.29. The Morgan fingerprint density at radius 3 is 2.64 bits per heavy atom. The van der Waals surface area contributed by atoms with Crippen LogP contribution in [0.25, 0.3) is 11.0 Å². The minimum absolute atomic E-state index is 0.155. The predicted molar refractivity (Wildman–Crippen MR) is 132 cm³/mol. The highest BCUT2D eigenvalue weighted by Gasteiger charge is 2.17. The van der Waals surface area contributed by atoms with Crippen molar-refractivity contribution < 1.29 is 4.74 Å². The first-order valence-electron chi connectivity index (χ1n) is 11.4. The van der Waals surface area contributed by atoms with Crippen LogP contribution in [0.5, 0.6) is 5.75 Å². The number of benzene rings is 2. The van der Waals surface area contributed by atoms with E-state index in [0.717, 1.165) is 29.7 Å². The Morgan fingerprint density at radius 2 is 1.85 bits per heavy atom. The van der Waals surface area contributed by atoms with Crippen LogP contribution in [0.3, 0.4) is 0 Å². The smallest absolute Gasteiger partial charge is 0.157 e. The van der Waals surface area contributed by atoms with Crippen LogP contribution >= 0.6 is 0 Å². The minimum Gasteiger partial charge on any atom is -0.486 e. The van der Waals surface area contributed by atoms with E-state index in [0.29, 0.717) is 22.8 Å². The molecule has 3 heterocycles. The number of H-pyrrole nitrogens is 1. The molecule has 1 aliphatic heterocycles. The van der Waals surface area contributed by atoms with Crippen LogP contribution in [-0.2, 0) is 0 Å². The first-order valence-corrected chi connectivity index (χ1v) is 11.4. The molecule has 0 radical (unpaired) electrons. The highest BCUT2D eigenvalue weighted by molar-refractivity contribution is 6.13. The van der Waals surface area contributed by atoms with E-state index in [2.05, 4.69) is 32.0 Å². The molecule has 0 saturated carbocycles. The summed E-state index contributed by atoms with van der Waals surface area (Å²) >= 11 is 0. The third-order valence-corrected chi connectivity index (χ3v) is 6.21. The van der Waals surface area contributed by atoms with E-state index in [1.165, 1.54) is 24.9 Å². The van der Waals surface area contributed by atoms with Gasteiger partial charge in [-0.05, 0) is 80.3 Å². The highest BCUT2D eigenvalue weighted by atomic mass is 16.5. The summed E-state index contributed by atoms with van der Waals surface area (Å²) < 4.78 is 6.11. The number of fused-ring (bicyclic) bond motifs is 1. The second-order valence-corrected chi connectivity index (χ2v) is 8.50. The van der Waals surface area contributed by atoms with Gasteiger partial charge in [0.05, 0.1) is 11.0 Å². The first-order chi connectivity index (χ1) is 16.1. The maximum atomic E-state index is 8.79. The van der Waals surface area contributed by atoms with Crippen LogP contribution < -0.4 is 15.4 Å². The number of pyridine rings is 1. The van der Waals surface area contributed by atoms with E-state index in [-0.39, 0.29) is 11.8 Å². The van der Waals surface area contributed by atoms with Crippen LogP contribution in [-0.4, -0.2) is 33.8 Å². The van der Waals surface area contributed by atoms with E-state index in [9.17, 15) is 0 Å². The molecule has 1 unspecified atom stereocenters. The zero-order chi connectivity index (χ0) is 22.8. The van der Waals surface area contributed by atoms with Gasteiger partial charge in [0, 0.05) is 42.4 Å². The van der Waals surface area contributed by atoms with Crippen LogP contribution in [0.2, 0.25) is 0 Å². The van der Waals surface area contributed by atoms with Crippen molar-refractivity contribution in [3.8, 4) is 5.75 Å². The number of nitrogen functional groups attached to an aromatic ring is 1. The van der Waals surface area contributed by atoms with E-state index in [1.54, 1.807) is 18.5 Å². The zero-order valence-electron chi connectivity index (χ0n) is 18.7. The van der Waals surface area contributed by atoms with E-state index >= 15 is 0 Å². The third-order valence-electron chi connectivity index (χ3n) is 6.21. The second kappa shape index (κ2) is 8.94. The van der Waals surface area contributed by atoms with E-state index < -0.39 is 0 Å². The van der Waals surface area contributed by atoms with Gasteiger partial charge in [-0.3, -0.25) is 10.4 Å². The van der Waals surface area contributed by atoms with Crippen molar-refractivity contribution in [3.63, 3.8) is 0 Å². The summed E-state index contributed by atoms with van der Waals surface area (Å²) in [5.41, 5.74) is 11.6. The van der Waals surface area contributed by atoms with Gasteiger partial charge in [-0.1, -0.05) is 0 Å². The number of nitrogens with zero attached hydrogens (tertiary/aromatic N) is 3. The van der Waals surface area contributed by atoms with E-state index in [1.807, 2.05) is 37.3 Å². The largest absolute Gasteiger partial charge is 0.486 e. The maximum absolute atomic E-state index is 8.79. The molecule has 2 aromatic carbocycles. The van der Waals surface area contributed by atoms with Crippen molar-refractivity contribution in [2.24, 2.45) is 0 Å². The lowest BCUT2D eigenvalue weighted by atomic mass is 10.1. The van der Waals surface area contributed by atoms with Crippen molar-refractivity contribution in [2.75, 3.05) is 23.7 Å². The molecule has 1 atom stereocenters. The number of nitrogens with two attached hydrogens (primary N) is 1. The fraction of sp³-hybridized carbons (Fsp3) is 0.269. The van der Waals surface area contributed by atoms with Gasteiger partial charge in [0.2, 0.25) is 0 Å². The molecule has 0 bridgehead atoms. The van der Waals surface area contributed by atoms with Gasteiger partial charge in [0.25, 0.3) is 0 Å². The number of rotatable bonds is 6. The number of piperidine rings is 1. The van der Waals surface area contributed by atoms with Crippen molar-refractivity contribution in [1.82, 2.24) is 15.0 Å². The molecule has 0 spiro atoms. The summed E-state index contributed by atoms with van der Waals surface area (Å²) in [6.07, 6.45) is 7.10. The zero-order valence-corrected chi connectivity index (χ0v) is 18.7. The number of aromatic nitrogens is 3. The van der Waals surface area contributed by atoms with Gasteiger partial charge in [0.1, 0.15) is 17.6 Å². The molecule has 7 heteroatoms. The number of hydrogen-bond acceptors (Lipinski definition) is 6. The Hall–Kier alpha value is -3.87. The Labute approximate surface area is 193 Å². The summed E-state index contributed by atoms with van der Waals surface area (Å²) in [7, 11) is 0. The lowest BCUT2D eigenvalue weighted by molar-refractivity contribution is 0.227. The monoisotopic (exact) mass is 440 g/mol. The first kappa shape index (κ1) is 21.0. The summed E-state index contributed by atoms with van der Waals surface area (Å²) in [5.74, 6) is 1.14. The molecule has 168 valence electrons. The third kappa shape index (κ3) is 4.39. The molecule has 1 fully saturated rings. The average Bonchev–Trinajstić information content (AvgIpc) is 3.29. The van der Waals surface area contributed by atoms with Crippen molar-refractivity contribution in [3.05, 3.63) is 77.9 Å². The van der Waals surface area contributed by atoms with Gasteiger partial charge < -0.3 is 20.4 Å². The van der Waals surface area contributed by atoms with Gasteiger partial charge in [0.15, 0.2) is 5.82 Å². The predicted octanol–water partition coefficient (Wildman–Crippen LogP) is 5.09. The molecule has 4 N–H and O–H groups in total. The maximum Gasteiger partial charge on any atom is 0.157 e. The topological polar surface area (TPSA) is 104 Å². The number of hydrogen-bond donors (Lipinski definition) is 3. The van der Waals surface area contributed by atoms with Gasteiger partial charge in [-0.15, -0.1) is 0 Å². The minimum atomic E-state index is -0.155. The van der Waals surface area contributed by atoms with Gasteiger partial charge in [-0.2, -0.15) is 0 Å². The summed E-state index contributed by atoms with van der Waals surface area (Å²) in [5, 5.41) is 8.79. The van der Waals surface area contributed by atoms with Crippen molar-refractivity contribution >= 4 is 28.1 Å². The Balaban J connectivity index is 1.39. The molecular weight excluding hydrogens is 412 g/mol. The quantitative estimate of drug-likeness (QED) is 0.286. The molecule has 7 nitrogen and oxygen atoms in total. The highest BCUT2D eigenvalue weighted by Crippen LogP contribution is 2.28.